The zero-order valence-corrected chi connectivity index (χ0v) is 36.5. The summed E-state index contributed by atoms with van der Waals surface area (Å²) in [4.78, 5) is 29.0. The third-order valence-corrected chi connectivity index (χ3v) is 7.00. The maximum Gasteiger partial charge on any atom is 1.00 e. The van der Waals surface area contributed by atoms with Crippen molar-refractivity contribution >= 4 is 45.2 Å². The number of nitrogens with zero attached hydrogens (tertiary/aromatic N) is 9. The van der Waals surface area contributed by atoms with Crippen molar-refractivity contribution in [3.63, 3.8) is 0 Å². The molecule has 0 saturated carbocycles. The summed E-state index contributed by atoms with van der Waals surface area (Å²) < 4.78 is 0. The molecule has 0 aliphatic carbocycles. The van der Waals surface area contributed by atoms with E-state index in [1.54, 1.807) is 41.7 Å². The molecular weight excluding hydrogens is 767 g/mol. The molecule has 0 amide bonds. The van der Waals surface area contributed by atoms with Crippen LogP contribution in [0.4, 0.5) is 22.7 Å². The molecule has 51 heavy (non-hydrogen) atoms. The zero-order chi connectivity index (χ0) is 35.3. The van der Waals surface area contributed by atoms with E-state index in [1.807, 2.05) is 29.3 Å². The standard InChI is InChI=1S/C17H15N5.C9H7N5.C8H9Br.CH2O3.2K.H/c1-14-3-5-15(6-4-14)11-21(22-13-19-12-20-22)17-9-7-16(18-2)8-10-17;1-10-8-2-4-9(5-3-8)13-14-7-11-6-12-14;1-7-2-4-8(6-9)5-3-7;2-1-4-3;;;/h3-10,12-13H,11H2,1H3;2-7,13H;2-5H,6H2,1H3;1,3H;;;/q;;;;2*+1;-1/p-1. The second kappa shape index (κ2) is 26.7. The van der Waals surface area contributed by atoms with Gasteiger partial charge in [0.25, 0.3) is 6.47 Å². The monoisotopic (exact) mass is 798 g/mol. The van der Waals surface area contributed by atoms with Crippen molar-refractivity contribution in [3.05, 3.63) is 167 Å². The summed E-state index contributed by atoms with van der Waals surface area (Å²) in [6.07, 6.45) is 6.18. The van der Waals surface area contributed by atoms with Gasteiger partial charge in [-0.05, 0) is 49.2 Å². The fourth-order valence-corrected chi connectivity index (χ4v) is 4.23. The number of nitrogens with one attached hydrogen (secondary N) is 1. The number of benzene rings is 4. The molecule has 0 saturated heterocycles. The second-order valence-electron chi connectivity index (χ2n) is 9.91. The average molecular weight is 800 g/mol. The van der Waals surface area contributed by atoms with E-state index in [9.17, 15) is 0 Å². The van der Waals surface area contributed by atoms with Crippen LogP contribution in [0.5, 0.6) is 0 Å². The van der Waals surface area contributed by atoms with Crippen LogP contribution >= 0.6 is 15.9 Å². The number of aryl methyl sites for hydroxylation is 2. The first-order valence-corrected chi connectivity index (χ1v) is 15.6. The number of alkyl halides is 1. The van der Waals surface area contributed by atoms with E-state index in [0.29, 0.717) is 17.9 Å². The molecule has 0 aliphatic heterocycles. The topological polar surface area (TPSA) is 135 Å². The van der Waals surface area contributed by atoms with E-state index in [0.717, 1.165) is 16.7 Å². The first-order valence-electron chi connectivity index (χ1n) is 14.5. The van der Waals surface area contributed by atoms with Crippen LogP contribution in [0.25, 0.3) is 9.69 Å². The molecule has 0 aliphatic rings. The Morgan fingerprint density at radius 3 is 1.73 bits per heavy atom. The summed E-state index contributed by atoms with van der Waals surface area (Å²) in [5.74, 6) is 0. The van der Waals surface area contributed by atoms with E-state index >= 15 is 0 Å². The number of hydrogen-bond donors (Lipinski definition) is 1. The van der Waals surface area contributed by atoms with Crippen LogP contribution in [0.15, 0.2) is 122 Å². The molecule has 0 unspecified atom stereocenters. The van der Waals surface area contributed by atoms with Crippen LogP contribution in [-0.4, -0.2) is 36.2 Å². The Labute approximate surface area is 392 Å². The van der Waals surface area contributed by atoms with E-state index < -0.39 is 0 Å². The Bertz CT molecular complexity index is 1890. The van der Waals surface area contributed by atoms with Crippen molar-refractivity contribution in [3.8, 4) is 0 Å². The number of hydrogen-bond acceptors (Lipinski definition) is 9. The van der Waals surface area contributed by atoms with E-state index in [1.165, 1.54) is 39.7 Å². The van der Waals surface area contributed by atoms with E-state index in [4.69, 9.17) is 23.2 Å². The van der Waals surface area contributed by atoms with Crippen molar-refractivity contribution in [2.45, 2.75) is 25.7 Å². The van der Waals surface area contributed by atoms with Gasteiger partial charge in [0.05, 0.1) is 31.1 Å². The fraction of sp³-hybridized carbons (Fsp3) is 0.114. The molecule has 2 aromatic heterocycles. The summed E-state index contributed by atoms with van der Waals surface area (Å²) in [5.41, 5.74) is 11.1. The van der Waals surface area contributed by atoms with Crippen molar-refractivity contribution in [2.24, 2.45) is 0 Å². The smallest absolute Gasteiger partial charge is 1.00 e. The van der Waals surface area contributed by atoms with E-state index in [-0.39, 0.29) is 111 Å². The van der Waals surface area contributed by atoms with Crippen LogP contribution in [-0.2, 0) is 21.6 Å². The number of rotatable bonds is 8. The molecule has 0 atom stereocenters. The molecule has 0 bridgehead atoms. The third kappa shape index (κ3) is 17.3. The van der Waals surface area contributed by atoms with Gasteiger partial charge in [-0.3, -0.25) is 15.2 Å². The maximum absolute atomic E-state index is 8.64. The van der Waals surface area contributed by atoms with Crippen LogP contribution in [0.2, 0.25) is 0 Å². The zero-order valence-electron chi connectivity index (χ0n) is 29.7. The molecule has 4 aromatic carbocycles. The minimum atomic E-state index is -0.181. The van der Waals surface area contributed by atoms with Crippen LogP contribution in [0.1, 0.15) is 23.7 Å². The van der Waals surface area contributed by atoms with E-state index in [2.05, 4.69) is 118 Å². The largest absolute Gasteiger partial charge is 1.00 e. The van der Waals surface area contributed by atoms with Crippen molar-refractivity contribution < 1.29 is 119 Å². The van der Waals surface area contributed by atoms with Gasteiger partial charge in [0.1, 0.15) is 25.3 Å². The van der Waals surface area contributed by atoms with Crippen molar-refractivity contribution in [1.29, 1.82) is 0 Å². The first kappa shape index (κ1) is 45.9. The Hall–Kier alpha value is -3.08. The molecule has 6 rings (SSSR count). The molecule has 13 nitrogen and oxygen atoms in total. The van der Waals surface area contributed by atoms with Gasteiger partial charge in [-0.2, -0.15) is 9.58 Å². The van der Waals surface area contributed by atoms with Gasteiger partial charge in [0.15, 0.2) is 11.4 Å². The normalized spacial score (nSPS) is 9.06. The van der Waals surface area contributed by atoms with Gasteiger partial charge in [-0.25, -0.2) is 19.7 Å². The van der Waals surface area contributed by atoms with Gasteiger partial charge < -0.3 is 11.6 Å². The quantitative estimate of drug-likeness (QED) is 0.0592. The Morgan fingerprint density at radius 2 is 1.29 bits per heavy atom. The summed E-state index contributed by atoms with van der Waals surface area (Å²) in [7, 11) is 0. The Kier molecular flexibility index (Phi) is 24.0. The molecule has 0 fully saturated rings. The molecule has 250 valence electrons. The van der Waals surface area contributed by atoms with Crippen LogP contribution < -0.4 is 118 Å². The molecule has 0 spiro atoms. The molecule has 1 N–H and O–H groups in total. The second-order valence-corrected chi connectivity index (χ2v) is 10.5. The van der Waals surface area contributed by atoms with Crippen LogP contribution in [0, 0.1) is 27.0 Å². The molecule has 6 aromatic rings. The molecule has 16 heteroatoms. The summed E-state index contributed by atoms with van der Waals surface area (Å²) in [6.45, 7) is 18.5. The summed E-state index contributed by atoms with van der Waals surface area (Å²) in [5, 5.41) is 19.5. The summed E-state index contributed by atoms with van der Waals surface area (Å²) in [6, 6.07) is 31.5. The van der Waals surface area contributed by atoms with Crippen LogP contribution in [0.3, 0.4) is 0 Å². The molecule has 0 radical (unpaired) electrons. The number of anilines is 2. The number of carbonyl (C=O) groups excluding carboxylic acids is 1. The van der Waals surface area contributed by atoms with Gasteiger partial charge in [-0.1, -0.05) is 99.9 Å². The maximum atomic E-state index is 8.64. The number of aromatic nitrogens is 6. The van der Waals surface area contributed by atoms with Gasteiger partial charge in [0.2, 0.25) is 0 Å². The van der Waals surface area contributed by atoms with Crippen molar-refractivity contribution in [2.75, 3.05) is 10.4 Å². The minimum absolute atomic E-state index is 0. The fourth-order valence-electron chi connectivity index (χ4n) is 3.86. The SMILES string of the molecule is Cc1ccc(CBr)cc1.O=CO[O-].[C-]#[N+]c1ccc(N(Cc2ccc(C)cc2)n2cncn2)cc1.[C-]#[N+]c1ccc(Nn2cncn2)cc1.[H-].[K+].[K+]. The predicted molar refractivity (Wildman–Crippen MR) is 189 cm³/mol. The number of carbonyl (C=O) groups is 1. The minimum Gasteiger partial charge on any atom is -1.00 e. The Balaban J connectivity index is 0.000000748. The number of halogens is 1. The van der Waals surface area contributed by atoms with Gasteiger partial charge >= 0.3 is 103 Å². The average Bonchev–Trinajstić information content (AvgIpc) is 3.88. The Morgan fingerprint density at radius 1 is 0.804 bits per heavy atom. The predicted octanol–water partition coefficient (Wildman–Crippen LogP) is 0.756. The summed E-state index contributed by atoms with van der Waals surface area (Å²) >= 11 is 3.38. The van der Waals surface area contributed by atoms with Crippen molar-refractivity contribution in [1.82, 2.24) is 29.7 Å². The third-order valence-electron chi connectivity index (χ3n) is 6.36. The molecular formula is C35H33BrK2N10O3. The van der Waals surface area contributed by atoms with Gasteiger partial charge in [-0.15, -0.1) is 10.2 Å². The molecule has 2 heterocycles. The van der Waals surface area contributed by atoms with Gasteiger partial charge in [0, 0.05) is 5.33 Å². The first-order chi connectivity index (χ1) is 23.9.